The molecule has 2 heterocycles. The summed E-state index contributed by atoms with van der Waals surface area (Å²) < 4.78 is 7.59. The van der Waals surface area contributed by atoms with E-state index in [0.717, 1.165) is 36.7 Å². The Morgan fingerprint density at radius 2 is 2.21 bits per heavy atom. The topological polar surface area (TPSA) is 55.9 Å². The lowest BCUT2D eigenvalue weighted by Gasteiger charge is -2.15. The predicted molar refractivity (Wildman–Crippen MR) is 74.0 cm³/mol. The van der Waals surface area contributed by atoms with E-state index in [9.17, 15) is 0 Å². The van der Waals surface area contributed by atoms with E-state index in [1.807, 2.05) is 25.6 Å². The standard InChI is InChI=1S/C14H22N4O/c1-5-6-18-14(16-9-17-18)8-13(15-4)12-7-10(2)19-11(12)3/h7,9,13,15H,5-6,8H2,1-4H3. The van der Waals surface area contributed by atoms with Crippen molar-refractivity contribution in [3.8, 4) is 0 Å². The van der Waals surface area contributed by atoms with Crippen LogP contribution >= 0.6 is 0 Å². The molecule has 2 rings (SSSR count). The highest BCUT2D eigenvalue weighted by Crippen LogP contribution is 2.24. The Morgan fingerprint density at radius 3 is 2.79 bits per heavy atom. The number of hydrogen-bond donors (Lipinski definition) is 1. The highest BCUT2D eigenvalue weighted by atomic mass is 16.3. The molecule has 1 unspecified atom stereocenters. The first kappa shape index (κ1) is 13.8. The highest BCUT2D eigenvalue weighted by Gasteiger charge is 2.18. The van der Waals surface area contributed by atoms with E-state index in [0.29, 0.717) is 0 Å². The van der Waals surface area contributed by atoms with Gasteiger partial charge in [-0.05, 0) is 33.4 Å². The molecule has 5 heteroatoms. The molecule has 0 aromatic carbocycles. The summed E-state index contributed by atoms with van der Waals surface area (Å²) >= 11 is 0. The Balaban J connectivity index is 2.19. The number of aromatic nitrogens is 3. The molecular formula is C14H22N4O. The van der Waals surface area contributed by atoms with Crippen LogP contribution in [0.5, 0.6) is 0 Å². The van der Waals surface area contributed by atoms with Crippen molar-refractivity contribution < 1.29 is 4.42 Å². The van der Waals surface area contributed by atoms with Crippen molar-refractivity contribution in [3.63, 3.8) is 0 Å². The second-order valence-corrected chi connectivity index (χ2v) is 4.81. The third kappa shape index (κ3) is 3.04. The van der Waals surface area contributed by atoms with Gasteiger partial charge in [0.25, 0.3) is 0 Å². The van der Waals surface area contributed by atoms with Gasteiger partial charge in [-0.15, -0.1) is 0 Å². The van der Waals surface area contributed by atoms with Gasteiger partial charge in [-0.25, -0.2) is 4.98 Å². The molecule has 104 valence electrons. The lowest BCUT2D eigenvalue weighted by atomic mass is 10.0. The van der Waals surface area contributed by atoms with Crippen LogP contribution in [-0.4, -0.2) is 21.8 Å². The molecule has 0 aliphatic rings. The second kappa shape index (κ2) is 6.02. The van der Waals surface area contributed by atoms with Crippen LogP contribution in [0.15, 0.2) is 16.8 Å². The average molecular weight is 262 g/mol. The Bertz CT molecular complexity index is 529. The smallest absolute Gasteiger partial charge is 0.138 e. The molecule has 2 aromatic heterocycles. The average Bonchev–Trinajstić information content (AvgIpc) is 2.94. The Kier molecular flexibility index (Phi) is 4.37. The van der Waals surface area contributed by atoms with Crippen LogP contribution in [0.1, 0.15) is 42.3 Å². The molecule has 5 nitrogen and oxygen atoms in total. The van der Waals surface area contributed by atoms with E-state index in [2.05, 4.69) is 28.4 Å². The first-order chi connectivity index (χ1) is 9.15. The fourth-order valence-corrected chi connectivity index (χ4v) is 2.39. The predicted octanol–water partition coefficient (Wildman–Crippen LogP) is 2.40. The molecule has 0 saturated heterocycles. The molecule has 0 saturated carbocycles. The summed E-state index contributed by atoms with van der Waals surface area (Å²) in [5.74, 6) is 2.93. The first-order valence-corrected chi connectivity index (χ1v) is 6.76. The fourth-order valence-electron chi connectivity index (χ4n) is 2.39. The van der Waals surface area contributed by atoms with Crippen molar-refractivity contribution in [2.75, 3.05) is 7.05 Å². The van der Waals surface area contributed by atoms with Crippen LogP contribution in [0.2, 0.25) is 0 Å². The van der Waals surface area contributed by atoms with Gasteiger partial charge in [-0.1, -0.05) is 6.92 Å². The normalized spacial score (nSPS) is 12.8. The van der Waals surface area contributed by atoms with Gasteiger partial charge in [-0.2, -0.15) is 5.10 Å². The Morgan fingerprint density at radius 1 is 1.42 bits per heavy atom. The number of aryl methyl sites for hydroxylation is 3. The molecule has 0 spiro atoms. The lowest BCUT2D eigenvalue weighted by Crippen LogP contribution is -2.21. The quantitative estimate of drug-likeness (QED) is 0.868. The van der Waals surface area contributed by atoms with Gasteiger partial charge in [0, 0.05) is 24.6 Å². The molecule has 0 radical (unpaired) electrons. The van der Waals surface area contributed by atoms with Gasteiger partial charge >= 0.3 is 0 Å². The lowest BCUT2D eigenvalue weighted by molar-refractivity contribution is 0.481. The van der Waals surface area contributed by atoms with Crippen molar-refractivity contribution in [1.29, 1.82) is 0 Å². The molecule has 0 amide bonds. The van der Waals surface area contributed by atoms with Crippen LogP contribution in [0.25, 0.3) is 0 Å². The Labute approximate surface area is 114 Å². The largest absolute Gasteiger partial charge is 0.466 e. The monoisotopic (exact) mass is 262 g/mol. The van der Waals surface area contributed by atoms with E-state index < -0.39 is 0 Å². The van der Waals surface area contributed by atoms with Gasteiger partial charge in [0.05, 0.1) is 0 Å². The van der Waals surface area contributed by atoms with Crippen LogP contribution in [0, 0.1) is 13.8 Å². The summed E-state index contributed by atoms with van der Waals surface area (Å²) in [7, 11) is 1.97. The van der Waals surface area contributed by atoms with Crippen LogP contribution in [0.3, 0.4) is 0 Å². The first-order valence-electron chi connectivity index (χ1n) is 6.76. The highest BCUT2D eigenvalue weighted by molar-refractivity contribution is 5.25. The molecular weight excluding hydrogens is 240 g/mol. The van der Waals surface area contributed by atoms with Crippen molar-refractivity contribution in [2.24, 2.45) is 0 Å². The molecule has 19 heavy (non-hydrogen) atoms. The summed E-state index contributed by atoms with van der Waals surface area (Å²) in [5, 5.41) is 7.61. The van der Waals surface area contributed by atoms with Gasteiger partial charge in [0.2, 0.25) is 0 Å². The summed E-state index contributed by atoms with van der Waals surface area (Å²) in [6, 6.07) is 2.30. The molecule has 1 atom stereocenters. The maximum Gasteiger partial charge on any atom is 0.138 e. The fraction of sp³-hybridized carbons (Fsp3) is 0.571. The number of likely N-dealkylation sites (N-methyl/N-ethyl adjacent to an activating group) is 1. The third-order valence-electron chi connectivity index (χ3n) is 3.32. The molecule has 0 fully saturated rings. The van der Waals surface area contributed by atoms with Gasteiger partial charge < -0.3 is 9.73 Å². The van der Waals surface area contributed by atoms with Crippen molar-refractivity contribution >= 4 is 0 Å². The molecule has 0 aliphatic carbocycles. The van der Waals surface area contributed by atoms with Crippen molar-refractivity contribution in [1.82, 2.24) is 20.1 Å². The maximum atomic E-state index is 5.61. The summed E-state index contributed by atoms with van der Waals surface area (Å²) in [6.45, 7) is 7.03. The molecule has 0 aliphatic heterocycles. The minimum atomic E-state index is 0.206. The van der Waals surface area contributed by atoms with E-state index in [4.69, 9.17) is 4.42 Å². The van der Waals surface area contributed by atoms with E-state index in [1.54, 1.807) is 6.33 Å². The molecule has 2 aromatic rings. The number of nitrogens with zero attached hydrogens (tertiary/aromatic N) is 3. The number of furan rings is 1. The van der Waals surface area contributed by atoms with Gasteiger partial charge in [0.15, 0.2) is 0 Å². The SMILES string of the molecule is CCCn1ncnc1CC(NC)c1cc(C)oc1C. The number of hydrogen-bond acceptors (Lipinski definition) is 4. The van der Waals surface area contributed by atoms with Gasteiger partial charge in [-0.3, -0.25) is 4.68 Å². The summed E-state index contributed by atoms with van der Waals surface area (Å²) in [4.78, 5) is 4.37. The minimum absolute atomic E-state index is 0.206. The third-order valence-corrected chi connectivity index (χ3v) is 3.32. The second-order valence-electron chi connectivity index (χ2n) is 4.81. The van der Waals surface area contributed by atoms with Crippen LogP contribution < -0.4 is 5.32 Å². The zero-order valence-electron chi connectivity index (χ0n) is 12.1. The van der Waals surface area contributed by atoms with Crippen molar-refractivity contribution in [2.45, 2.75) is 46.2 Å². The van der Waals surface area contributed by atoms with Crippen LogP contribution in [-0.2, 0) is 13.0 Å². The number of nitrogens with one attached hydrogen (secondary N) is 1. The summed E-state index contributed by atoms with van der Waals surface area (Å²) in [6.07, 6.45) is 3.51. The van der Waals surface area contributed by atoms with Crippen molar-refractivity contribution in [3.05, 3.63) is 35.3 Å². The maximum absolute atomic E-state index is 5.61. The summed E-state index contributed by atoms with van der Waals surface area (Å²) in [5.41, 5.74) is 1.20. The number of rotatable bonds is 6. The van der Waals surface area contributed by atoms with Gasteiger partial charge in [0.1, 0.15) is 23.7 Å². The van der Waals surface area contributed by atoms with E-state index in [-0.39, 0.29) is 6.04 Å². The Hall–Kier alpha value is -1.62. The molecule has 0 bridgehead atoms. The van der Waals surface area contributed by atoms with E-state index >= 15 is 0 Å². The van der Waals surface area contributed by atoms with Crippen LogP contribution in [0.4, 0.5) is 0 Å². The molecule has 1 N–H and O–H groups in total. The minimum Gasteiger partial charge on any atom is -0.466 e. The van der Waals surface area contributed by atoms with E-state index in [1.165, 1.54) is 5.56 Å². The zero-order valence-corrected chi connectivity index (χ0v) is 12.1. The zero-order chi connectivity index (χ0) is 13.8.